The lowest BCUT2D eigenvalue weighted by Crippen LogP contribution is -2.43. The number of amides is 1. The highest BCUT2D eigenvalue weighted by Gasteiger charge is 2.45. The SMILES string of the molecule is CCC(C)(C)OC(=O)N1CCC(CC)(OC(=O)C(C)(C)CC)C1. The van der Waals surface area contributed by atoms with E-state index in [-0.39, 0.29) is 12.1 Å². The third kappa shape index (κ3) is 4.85. The van der Waals surface area contributed by atoms with Crippen molar-refractivity contribution in [1.29, 1.82) is 0 Å². The Morgan fingerprint density at radius 3 is 2.17 bits per heavy atom. The minimum absolute atomic E-state index is 0.189. The third-order valence-electron chi connectivity index (χ3n) is 5.18. The van der Waals surface area contributed by atoms with Crippen LogP contribution in [-0.2, 0) is 14.3 Å². The van der Waals surface area contributed by atoms with Crippen LogP contribution >= 0.6 is 0 Å². The highest BCUT2D eigenvalue weighted by atomic mass is 16.6. The molecule has 1 amide bonds. The Morgan fingerprint density at radius 1 is 1.09 bits per heavy atom. The lowest BCUT2D eigenvalue weighted by atomic mass is 9.89. The molecule has 1 atom stereocenters. The van der Waals surface area contributed by atoms with Gasteiger partial charge in [0.15, 0.2) is 0 Å². The Labute approximate surface area is 140 Å². The number of likely N-dealkylation sites (tertiary alicyclic amines) is 1. The number of hydrogen-bond acceptors (Lipinski definition) is 4. The maximum absolute atomic E-state index is 12.4. The Morgan fingerprint density at radius 2 is 1.70 bits per heavy atom. The number of hydrogen-bond donors (Lipinski definition) is 0. The second-order valence-electron chi connectivity index (χ2n) is 7.82. The second-order valence-corrected chi connectivity index (χ2v) is 7.82. The molecule has 0 saturated carbocycles. The molecule has 0 N–H and O–H groups in total. The number of rotatable bonds is 6. The molecule has 0 aromatic carbocycles. The lowest BCUT2D eigenvalue weighted by Gasteiger charge is -2.33. The fourth-order valence-electron chi connectivity index (χ4n) is 2.30. The molecular formula is C18H33NO4. The number of ether oxygens (including phenoxy) is 2. The summed E-state index contributed by atoms with van der Waals surface area (Å²) in [4.78, 5) is 26.4. The zero-order valence-corrected chi connectivity index (χ0v) is 15.8. The normalized spacial score (nSPS) is 22.1. The van der Waals surface area contributed by atoms with Gasteiger partial charge >= 0.3 is 12.1 Å². The first-order valence-corrected chi connectivity index (χ1v) is 8.72. The molecule has 1 aliphatic rings. The quantitative estimate of drug-likeness (QED) is 0.688. The van der Waals surface area contributed by atoms with Crippen LogP contribution in [0.3, 0.4) is 0 Å². The summed E-state index contributed by atoms with van der Waals surface area (Å²) in [7, 11) is 0. The summed E-state index contributed by atoms with van der Waals surface area (Å²) in [6.07, 6.45) is 2.52. The molecule has 1 unspecified atom stereocenters. The molecule has 0 spiro atoms. The van der Waals surface area contributed by atoms with Crippen molar-refractivity contribution >= 4 is 12.1 Å². The number of esters is 1. The average Bonchev–Trinajstić information content (AvgIpc) is 2.91. The van der Waals surface area contributed by atoms with Crippen LogP contribution in [0.5, 0.6) is 0 Å². The van der Waals surface area contributed by atoms with Gasteiger partial charge in [0.1, 0.15) is 11.2 Å². The molecule has 1 fully saturated rings. The first kappa shape index (κ1) is 19.8. The molecule has 134 valence electrons. The number of carbonyl (C=O) groups excluding carboxylic acids is 2. The van der Waals surface area contributed by atoms with E-state index in [1.54, 1.807) is 4.90 Å². The van der Waals surface area contributed by atoms with Gasteiger partial charge in [-0.15, -0.1) is 0 Å². The van der Waals surface area contributed by atoms with Crippen molar-refractivity contribution < 1.29 is 19.1 Å². The molecule has 0 radical (unpaired) electrons. The maximum Gasteiger partial charge on any atom is 0.410 e. The molecule has 1 aliphatic heterocycles. The van der Waals surface area contributed by atoms with E-state index in [2.05, 4.69) is 0 Å². The summed E-state index contributed by atoms with van der Waals surface area (Å²) >= 11 is 0. The molecule has 1 saturated heterocycles. The van der Waals surface area contributed by atoms with Crippen molar-refractivity contribution in [3.05, 3.63) is 0 Å². The predicted octanol–water partition coefficient (Wildman–Crippen LogP) is 4.15. The van der Waals surface area contributed by atoms with E-state index < -0.39 is 16.6 Å². The van der Waals surface area contributed by atoms with E-state index in [0.29, 0.717) is 25.9 Å². The minimum Gasteiger partial charge on any atom is -0.457 e. The Bertz CT molecular complexity index is 444. The maximum atomic E-state index is 12.4. The van der Waals surface area contributed by atoms with Crippen LogP contribution in [0, 0.1) is 5.41 Å². The van der Waals surface area contributed by atoms with Gasteiger partial charge in [-0.3, -0.25) is 4.79 Å². The topological polar surface area (TPSA) is 55.8 Å². The molecule has 5 heteroatoms. The molecule has 0 aromatic heterocycles. The van der Waals surface area contributed by atoms with Gasteiger partial charge in [-0.25, -0.2) is 4.79 Å². The fraction of sp³-hybridized carbons (Fsp3) is 0.889. The van der Waals surface area contributed by atoms with Gasteiger partial charge in [-0.1, -0.05) is 20.8 Å². The Balaban J connectivity index is 2.74. The highest BCUT2D eigenvalue weighted by Crippen LogP contribution is 2.33. The largest absolute Gasteiger partial charge is 0.457 e. The Hall–Kier alpha value is -1.26. The van der Waals surface area contributed by atoms with Crippen molar-refractivity contribution in [1.82, 2.24) is 4.90 Å². The van der Waals surface area contributed by atoms with E-state index in [1.165, 1.54) is 0 Å². The van der Waals surface area contributed by atoms with Crippen molar-refractivity contribution in [2.75, 3.05) is 13.1 Å². The fourth-order valence-corrected chi connectivity index (χ4v) is 2.30. The van der Waals surface area contributed by atoms with Crippen LogP contribution in [-0.4, -0.2) is 41.3 Å². The first-order valence-electron chi connectivity index (χ1n) is 8.72. The zero-order valence-electron chi connectivity index (χ0n) is 15.8. The van der Waals surface area contributed by atoms with Crippen LogP contribution in [0.4, 0.5) is 4.79 Å². The van der Waals surface area contributed by atoms with E-state index in [1.807, 2.05) is 48.5 Å². The summed E-state index contributed by atoms with van der Waals surface area (Å²) in [5, 5.41) is 0. The first-order chi connectivity index (χ1) is 10.5. The molecule has 0 aromatic rings. The Kier molecular flexibility index (Phi) is 6.11. The lowest BCUT2D eigenvalue weighted by molar-refractivity contribution is -0.170. The van der Waals surface area contributed by atoms with E-state index in [0.717, 1.165) is 12.8 Å². The molecule has 5 nitrogen and oxygen atoms in total. The van der Waals surface area contributed by atoms with Gasteiger partial charge in [0.25, 0.3) is 0 Å². The van der Waals surface area contributed by atoms with Crippen LogP contribution in [0.15, 0.2) is 0 Å². The monoisotopic (exact) mass is 327 g/mol. The minimum atomic E-state index is -0.584. The van der Waals surface area contributed by atoms with Crippen LogP contribution in [0.2, 0.25) is 0 Å². The number of carbonyl (C=O) groups is 2. The molecular weight excluding hydrogens is 294 g/mol. The summed E-state index contributed by atoms with van der Waals surface area (Å²) in [5.41, 5.74) is -1.56. The van der Waals surface area contributed by atoms with Gasteiger partial charge in [0.2, 0.25) is 0 Å². The summed E-state index contributed by atoms with van der Waals surface area (Å²) < 4.78 is 11.4. The molecule has 1 heterocycles. The van der Waals surface area contributed by atoms with Crippen molar-refractivity contribution in [3.8, 4) is 0 Å². The standard InChI is InChI=1S/C18H33NO4/c1-8-16(4,5)14(20)22-18(10-3)11-12-19(13-18)15(21)23-17(6,7)9-2/h8-13H2,1-7H3. The van der Waals surface area contributed by atoms with Crippen LogP contribution < -0.4 is 0 Å². The van der Waals surface area contributed by atoms with Gasteiger partial charge in [-0.05, 0) is 47.0 Å². The smallest absolute Gasteiger partial charge is 0.410 e. The molecule has 0 aliphatic carbocycles. The molecule has 0 bridgehead atoms. The summed E-state index contributed by atoms with van der Waals surface area (Å²) in [6.45, 7) is 14.5. The van der Waals surface area contributed by atoms with E-state index in [4.69, 9.17) is 9.47 Å². The summed E-state index contributed by atoms with van der Waals surface area (Å²) in [5.74, 6) is -0.189. The van der Waals surface area contributed by atoms with E-state index >= 15 is 0 Å². The predicted molar refractivity (Wildman–Crippen MR) is 90.2 cm³/mol. The second kappa shape index (κ2) is 7.10. The van der Waals surface area contributed by atoms with Crippen molar-refractivity contribution in [3.63, 3.8) is 0 Å². The van der Waals surface area contributed by atoms with Crippen molar-refractivity contribution in [2.45, 2.75) is 85.4 Å². The van der Waals surface area contributed by atoms with Gasteiger partial charge < -0.3 is 14.4 Å². The van der Waals surface area contributed by atoms with Gasteiger partial charge in [0, 0.05) is 13.0 Å². The van der Waals surface area contributed by atoms with Crippen LogP contribution in [0.25, 0.3) is 0 Å². The van der Waals surface area contributed by atoms with Gasteiger partial charge in [-0.2, -0.15) is 0 Å². The molecule has 23 heavy (non-hydrogen) atoms. The average molecular weight is 327 g/mol. The molecule has 1 rings (SSSR count). The number of nitrogens with zero attached hydrogens (tertiary/aromatic N) is 1. The van der Waals surface area contributed by atoms with Crippen LogP contribution in [0.1, 0.15) is 74.1 Å². The highest BCUT2D eigenvalue weighted by molar-refractivity contribution is 5.76. The zero-order chi connectivity index (χ0) is 17.9. The third-order valence-corrected chi connectivity index (χ3v) is 5.18. The van der Waals surface area contributed by atoms with Gasteiger partial charge in [0.05, 0.1) is 12.0 Å². The van der Waals surface area contributed by atoms with E-state index in [9.17, 15) is 9.59 Å². The summed E-state index contributed by atoms with van der Waals surface area (Å²) in [6, 6.07) is 0. The van der Waals surface area contributed by atoms with Crippen molar-refractivity contribution in [2.24, 2.45) is 5.41 Å².